The lowest BCUT2D eigenvalue weighted by Gasteiger charge is -2.45. The first-order chi connectivity index (χ1) is 23.6. The van der Waals surface area contributed by atoms with E-state index in [4.69, 9.17) is 18.9 Å². The Hall–Kier alpha value is -4.22. The zero-order valence-electron chi connectivity index (χ0n) is 25.9. The maximum atomic E-state index is 12.2. The molecule has 0 spiro atoms. The second kappa shape index (κ2) is 14.9. The summed E-state index contributed by atoms with van der Waals surface area (Å²) in [7, 11) is 0. The second-order valence-electron chi connectivity index (χ2n) is 12.0. The van der Waals surface area contributed by atoms with Crippen molar-refractivity contribution in [2.24, 2.45) is 0 Å². The number of nitrogens with zero attached hydrogens (tertiary/aromatic N) is 1. The summed E-state index contributed by atoms with van der Waals surface area (Å²) in [6.45, 7) is -1.63. The van der Waals surface area contributed by atoms with Gasteiger partial charge in [-0.25, -0.2) is 14.4 Å². The van der Waals surface area contributed by atoms with Crippen LogP contribution in [0.3, 0.4) is 0 Å². The van der Waals surface area contributed by atoms with Gasteiger partial charge in [0.2, 0.25) is 12.0 Å². The van der Waals surface area contributed by atoms with Crippen molar-refractivity contribution in [2.75, 3.05) is 13.2 Å². The van der Waals surface area contributed by atoms with Crippen LogP contribution in [0.4, 0.5) is 5.69 Å². The Balaban J connectivity index is 1.48. The molecule has 2 saturated heterocycles. The number of hydrogen-bond acceptors (Lipinski definition) is 16. The van der Waals surface area contributed by atoms with E-state index in [-0.39, 0.29) is 35.5 Å². The molecule has 0 amide bonds. The summed E-state index contributed by atoms with van der Waals surface area (Å²) in [6, 6.07) is -0.0990. The topological polar surface area (TPSA) is 326 Å². The fourth-order valence-corrected chi connectivity index (χ4v) is 6.05. The van der Waals surface area contributed by atoms with Gasteiger partial charge in [-0.2, -0.15) is 4.58 Å². The van der Waals surface area contributed by atoms with Crippen LogP contribution in [0.5, 0.6) is 11.5 Å². The lowest BCUT2D eigenvalue weighted by atomic mass is 9.97. The van der Waals surface area contributed by atoms with Gasteiger partial charge in [0.1, 0.15) is 54.5 Å². The maximum absolute atomic E-state index is 12.2. The van der Waals surface area contributed by atoms with E-state index in [1.807, 2.05) is 0 Å². The fraction of sp³-hybridized carbons (Fsp3) is 0.533. The molecule has 12 atom stereocenters. The molecule has 1 aromatic carbocycles. The highest BCUT2D eigenvalue weighted by Gasteiger charge is 2.52. The van der Waals surface area contributed by atoms with E-state index in [1.54, 1.807) is 0 Å². The summed E-state index contributed by atoms with van der Waals surface area (Å²) in [4.78, 5) is 35.4. The number of fused-ring (bicyclic) bond motifs is 1. The van der Waals surface area contributed by atoms with E-state index in [9.17, 15) is 70.6 Å². The highest BCUT2D eigenvalue weighted by Crippen LogP contribution is 2.41. The Morgan fingerprint density at radius 2 is 1.50 bits per heavy atom. The quantitative estimate of drug-likeness (QED) is 0.102. The molecule has 0 unspecified atom stereocenters. The molecule has 0 bridgehead atoms. The second-order valence-corrected chi connectivity index (χ2v) is 12.0. The number of benzene rings is 1. The summed E-state index contributed by atoms with van der Waals surface area (Å²) in [5, 5.41) is 114. The van der Waals surface area contributed by atoms with Crippen LogP contribution in [-0.2, 0) is 35.0 Å². The van der Waals surface area contributed by atoms with Crippen molar-refractivity contribution in [3.05, 3.63) is 41.1 Å². The lowest BCUT2D eigenvalue weighted by molar-refractivity contribution is -0.456. The van der Waals surface area contributed by atoms with Crippen LogP contribution in [0.25, 0.3) is 0 Å². The summed E-state index contributed by atoms with van der Waals surface area (Å²) < 4.78 is 23.7. The van der Waals surface area contributed by atoms with Gasteiger partial charge in [0.25, 0.3) is 6.04 Å². The molecule has 5 rings (SSSR count). The first-order valence-corrected chi connectivity index (χ1v) is 15.3. The number of nitrogens with one attached hydrogen (secondary N) is 1. The number of aliphatic hydroxyl groups is 7. The van der Waals surface area contributed by atoms with Crippen molar-refractivity contribution >= 4 is 29.8 Å². The Kier molecular flexibility index (Phi) is 11.1. The molecule has 0 aromatic heterocycles. The smallest absolute Gasteiger partial charge is 0.373 e. The molecule has 4 heterocycles. The number of carboxylic acid groups (broad SMARTS) is 3. The van der Waals surface area contributed by atoms with Crippen molar-refractivity contribution < 1.29 is 94.1 Å². The first-order valence-electron chi connectivity index (χ1n) is 15.3. The lowest BCUT2D eigenvalue weighted by Crippen LogP contribution is -2.65. The highest BCUT2D eigenvalue weighted by atomic mass is 16.8. The molecule has 0 radical (unpaired) electrons. The predicted octanol–water partition coefficient (Wildman–Crippen LogP) is -4.54. The van der Waals surface area contributed by atoms with Crippen LogP contribution in [0.2, 0.25) is 0 Å². The number of carbonyl (C=O) groups is 3. The molecule has 20 nitrogen and oxygen atoms in total. The molecular formula is C30H37N2O18+. The molecule has 0 aliphatic carbocycles. The van der Waals surface area contributed by atoms with Crippen molar-refractivity contribution in [3.63, 3.8) is 0 Å². The van der Waals surface area contributed by atoms with Gasteiger partial charge < -0.3 is 80.4 Å². The minimum Gasteiger partial charge on any atom is -0.504 e. The Morgan fingerprint density at radius 1 is 0.860 bits per heavy atom. The van der Waals surface area contributed by atoms with Gasteiger partial charge in [-0.1, -0.05) is 0 Å². The molecule has 4 aliphatic heterocycles. The molecule has 1 aromatic rings. The largest absolute Gasteiger partial charge is 0.504 e. The van der Waals surface area contributed by atoms with Crippen LogP contribution in [0.15, 0.2) is 35.6 Å². The van der Waals surface area contributed by atoms with Crippen LogP contribution < -0.4 is 10.1 Å². The molecule has 0 saturated carbocycles. The number of phenols is 1. The summed E-state index contributed by atoms with van der Waals surface area (Å²) >= 11 is 0. The Labute approximate surface area is 281 Å². The Morgan fingerprint density at radius 3 is 2.10 bits per heavy atom. The van der Waals surface area contributed by atoms with E-state index >= 15 is 0 Å². The van der Waals surface area contributed by atoms with Crippen molar-refractivity contribution in [1.29, 1.82) is 0 Å². The molecule has 20 heteroatoms. The molecular weight excluding hydrogens is 676 g/mol. The minimum absolute atomic E-state index is 0.117. The number of aromatic hydroxyl groups is 1. The van der Waals surface area contributed by atoms with Crippen LogP contribution in [-0.4, -0.2) is 172 Å². The van der Waals surface area contributed by atoms with Crippen LogP contribution in [0.1, 0.15) is 12.0 Å². The first kappa shape index (κ1) is 37.0. The molecule has 4 aliphatic rings. The summed E-state index contributed by atoms with van der Waals surface area (Å²) in [6.07, 6.45) is -13.9. The fourth-order valence-electron chi connectivity index (χ4n) is 6.05. The van der Waals surface area contributed by atoms with Crippen molar-refractivity contribution in [3.8, 4) is 11.5 Å². The third kappa shape index (κ3) is 7.30. The number of phenolic OH excluding ortho intramolecular Hbond substituents is 1. The third-order valence-corrected chi connectivity index (χ3v) is 8.76. The molecule has 12 N–H and O–H groups in total. The highest BCUT2D eigenvalue weighted by molar-refractivity contribution is 5.89. The van der Waals surface area contributed by atoms with Gasteiger partial charge in [0, 0.05) is 18.1 Å². The van der Waals surface area contributed by atoms with E-state index in [1.165, 1.54) is 35.1 Å². The van der Waals surface area contributed by atoms with E-state index in [2.05, 4.69) is 5.32 Å². The number of aliphatic carboxylic acids is 3. The molecule has 274 valence electrons. The minimum atomic E-state index is -1.93. The molecule has 2 fully saturated rings. The predicted molar refractivity (Wildman–Crippen MR) is 159 cm³/mol. The molecule has 50 heavy (non-hydrogen) atoms. The van der Waals surface area contributed by atoms with Gasteiger partial charge >= 0.3 is 17.9 Å². The van der Waals surface area contributed by atoms with Crippen LogP contribution >= 0.6 is 0 Å². The average molecular weight is 714 g/mol. The summed E-state index contributed by atoms with van der Waals surface area (Å²) in [5.74, 6) is -4.92. The Bertz CT molecular complexity index is 1580. The van der Waals surface area contributed by atoms with Gasteiger partial charge in [-0.15, -0.1) is 0 Å². The number of allylic oxidation sites excluding steroid dienone is 2. The van der Waals surface area contributed by atoms with E-state index in [0.717, 1.165) is 0 Å². The maximum Gasteiger partial charge on any atom is 0.373 e. The average Bonchev–Trinajstić information content (AvgIpc) is 3.43. The van der Waals surface area contributed by atoms with Crippen molar-refractivity contribution in [1.82, 2.24) is 5.32 Å². The number of rotatable bonds is 10. The van der Waals surface area contributed by atoms with E-state index < -0.39 is 110 Å². The third-order valence-electron chi connectivity index (χ3n) is 8.76. The van der Waals surface area contributed by atoms with Crippen LogP contribution in [0, 0.1) is 0 Å². The number of aliphatic hydroxyl groups excluding tert-OH is 7. The summed E-state index contributed by atoms with van der Waals surface area (Å²) in [5.41, 5.74) is 0.360. The SMILES string of the molecule is O=C(O)C1=C/C(=C/C=[N+]2c3cc(O[C@@H]4O[C@H](CO)[C@@H](O)[C@@H](O)[C@H]4O[C@@H]4O[C@H](CO)[C@@H](O)[C@@H](O)[C@H]4O)c(O)cc3C[C@H]2C(=O)O)C[C@H](C(=O)O)N1. The standard InChI is InChI=1S/C30H36N2O18/c33-8-18-20(36)22(38)24(40)29(48-18)50-25-23(39)21(37)19(9-34)49-30(25)47-17-7-14-11(6-16(17)35)5-15(28(45)46)32(14)2-1-10-3-12(26(41)42)31-13(4-10)27(43)44/h1-3,6-7,13,15,18-25,29-30,33-34,36-40H,4-5,8-9H2,(H4,35,41,42,43,44,45,46)/p+1/t13-,15+,18-,19-,20-,21-,22-,23-,24-,25-,29+,30-/m1/s1. The zero-order chi connectivity index (χ0) is 36.6. The number of carboxylic acids is 3. The monoisotopic (exact) mass is 713 g/mol. The van der Waals surface area contributed by atoms with Gasteiger partial charge in [0.15, 0.2) is 30.1 Å². The zero-order valence-corrected chi connectivity index (χ0v) is 25.9. The number of hydrogen-bond donors (Lipinski definition) is 12. The van der Waals surface area contributed by atoms with Crippen molar-refractivity contribution in [2.45, 2.75) is 86.3 Å². The van der Waals surface area contributed by atoms with Gasteiger partial charge in [-0.05, 0) is 17.7 Å². The van der Waals surface area contributed by atoms with Gasteiger partial charge in [-0.3, -0.25) is 0 Å². The van der Waals surface area contributed by atoms with E-state index in [0.29, 0.717) is 5.56 Å². The normalized spacial score (nSPS) is 37.1. The number of ether oxygens (including phenoxy) is 4. The van der Waals surface area contributed by atoms with Gasteiger partial charge in [0.05, 0.1) is 25.7 Å².